The minimum atomic E-state index is -0.866. The SMILES string of the molecule is O=C(O)CC1CCCCN1C(=O)c1ocnc1C1CC1. The van der Waals surface area contributed by atoms with Crippen molar-refractivity contribution >= 4 is 11.9 Å². The lowest BCUT2D eigenvalue weighted by molar-refractivity contribution is -0.138. The maximum absolute atomic E-state index is 12.6. The lowest BCUT2D eigenvalue weighted by atomic mass is 9.98. The summed E-state index contributed by atoms with van der Waals surface area (Å²) in [6, 6.07) is -0.231. The van der Waals surface area contributed by atoms with Gasteiger partial charge in [0.05, 0.1) is 12.1 Å². The van der Waals surface area contributed by atoms with Gasteiger partial charge in [-0.05, 0) is 32.1 Å². The van der Waals surface area contributed by atoms with Crippen LogP contribution in [0.15, 0.2) is 10.8 Å². The molecule has 1 aliphatic carbocycles. The Balaban J connectivity index is 1.79. The molecule has 1 saturated heterocycles. The van der Waals surface area contributed by atoms with E-state index in [4.69, 9.17) is 9.52 Å². The Bertz CT molecular complexity index is 521. The lowest BCUT2D eigenvalue weighted by Crippen LogP contribution is -2.44. The molecule has 6 nitrogen and oxygen atoms in total. The van der Waals surface area contributed by atoms with Crippen LogP contribution in [0.2, 0.25) is 0 Å². The molecule has 1 unspecified atom stereocenters. The largest absolute Gasteiger partial charge is 0.481 e. The third-order valence-electron chi connectivity index (χ3n) is 4.05. The van der Waals surface area contributed by atoms with Crippen LogP contribution < -0.4 is 0 Å². The summed E-state index contributed by atoms with van der Waals surface area (Å²) in [5, 5.41) is 8.97. The van der Waals surface area contributed by atoms with Crippen LogP contribution in [0.4, 0.5) is 0 Å². The third-order valence-corrected chi connectivity index (χ3v) is 4.05. The number of carboxylic acid groups (broad SMARTS) is 1. The lowest BCUT2D eigenvalue weighted by Gasteiger charge is -2.34. The van der Waals surface area contributed by atoms with Crippen molar-refractivity contribution in [3.63, 3.8) is 0 Å². The normalized spacial score (nSPS) is 22.8. The first kappa shape index (κ1) is 13.1. The van der Waals surface area contributed by atoms with Gasteiger partial charge in [-0.3, -0.25) is 9.59 Å². The molecule has 3 rings (SSSR count). The number of piperidine rings is 1. The highest BCUT2D eigenvalue weighted by molar-refractivity contribution is 5.93. The van der Waals surface area contributed by atoms with Crippen molar-refractivity contribution in [2.75, 3.05) is 6.54 Å². The number of aliphatic carboxylic acids is 1. The number of hydrogen-bond acceptors (Lipinski definition) is 4. The summed E-state index contributed by atoms with van der Waals surface area (Å²) in [6.45, 7) is 0.599. The Morgan fingerprint density at radius 2 is 2.15 bits per heavy atom. The van der Waals surface area contributed by atoms with Crippen LogP contribution in [0.25, 0.3) is 0 Å². The molecule has 2 fully saturated rings. The molecule has 108 valence electrons. The summed E-state index contributed by atoms with van der Waals surface area (Å²) in [5.74, 6) is -0.412. The predicted octanol–water partition coefficient (Wildman–Crippen LogP) is 2.02. The van der Waals surface area contributed by atoms with Gasteiger partial charge in [-0.1, -0.05) is 0 Å². The molecule has 6 heteroatoms. The molecule has 0 radical (unpaired) electrons. The van der Waals surface area contributed by atoms with Gasteiger partial charge in [-0.2, -0.15) is 0 Å². The Hall–Kier alpha value is -1.85. The Morgan fingerprint density at radius 3 is 2.85 bits per heavy atom. The molecule has 2 heterocycles. The number of amides is 1. The summed E-state index contributed by atoms with van der Waals surface area (Å²) < 4.78 is 5.28. The molecular weight excluding hydrogens is 260 g/mol. The number of aromatic nitrogens is 1. The van der Waals surface area contributed by atoms with Crippen LogP contribution in [0.1, 0.15) is 60.7 Å². The van der Waals surface area contributed by atoms with Gasteiger partial charge in [0, 0.05) is 18.5 Å². The van der Waals surface area contributed by atoms with Crippen LogP contribution in [-0.2, 0) is 4.79 Å². The minimum Gasteiger partial charge on any atom is -0.481 e. The maximum atomic E-state index is 12.6. The highest BCUT2D eigenvalue weighted by Gasteiger charge is 2.36. The van der Waals surface area contributed by atoms with Gasteiger partial charge < -0.3 is 14.4 Å². The standard InChI is InChI=1S/C14H18N2O4/c17-11(18)7-10-3-1-2-6-16(10)14(19)13-12(9-4-5-9)15-8-20-13/h8-10H,1-7H2,(H,17,18). The zero-order chi connectivity index (χ0) is 14.1. The monoisotopic (exact) mass is 278 g/mol. The van der Waals surface area contributed by atoms with Crippen molar-refractivity contribution in [2.45, 2.75) is 50.5 Å². The molecule has 1 aromatic heterocycles. The molecule has 1 aromatic rings. The summed E-state index contributed by atoms with van der Waals surface area (Å²) in [4.78, 5) is 29.3. The Morgan fingerprint density at radius 1 is 1.35 bits per heavy atom. The van der Waals surface area contributed by atoms with Gasteiger partial charge >= 0.3 is 5.97 Å². The fourth-order valence-electron chi connectivity index (χ4n) is 2.87. The molecule has 1 aliphatic heterocycles. The second-order valence-corrected chi connectivity index (χ2v) is 5.59. The predicted molar refractivity (Wildman–Crippen MR) is 69.4 cm³/mol. The fraction of sp³-hybridized carbons (Fsp3) is 0.643. The van der Waals surface area contributed by atoms with Crippen molar-refractivity contribution in [3.05, 3.63) is 17.8 Å². The number of oxazole rings is 1. The van der Waals surface area contributed by atoms with Gasteiger partial charge in [0.2, 0.25) is 5.76 Å². The maximum Gasteiger partial charge on any atom is 0.305 e. The summed E-state index contributed by atoms with van der Waals surface area (Å²) in [7, 11) is 0. The van der Waals surface area contributed by atoms with Crippen LogP contribution in [0.3, 0.4) is 0 Å². The van der Waals surface area contributed by atoms with Crippen molar-refractivity contribution in [1.29, 1.82) is 0 Å². The Labute approximate surface area is 116 Å². The molecule has 1 atom stereocenters. The number of carbonyl (C=O) groups excluding carboxylic acids is 1. The molecule has 0 aromatic carbocycles. The van der Waals surface area contributed by atoms with Crippen molar-refractivity contribution in [3.8, 4) is 0 Å². The number of nitrogens with zero attached hydrogens (tertiary/aromatic N) is 2. The zero-order valence-corrected chi connectivity index (χ0v) is 11.2. The number of hydrogen-bond donors (Lipinski definition) is 1. The minimum absolute atomic E-state index is 0.00135. The second-order valence-electron chi connectivity index (χ2n) is 5.59. The van der Waals surface area contributed by atoms with E-state index < -0.39 is 5.97 Å². The van der Waals surface area contributed by atoms with Crippen molar-refractivity contribution < 1.29 is 19.1 Å². The van der Waals surface area contributed by atoms with E-state index in [1.54, 1.807) is 4.90 Å². The summed E-state index contributed by atoms with van der Waals surface area (Å²) in [5.41, 5.74) is 0.745. The quantitative estimate of drug-likeness (QED) is 0.911. The van der Waals surface area contributed by atoms with Gasteiger partial charge in [-0.25, -0.2) is 4.98 Å². The molecule has 1 amide bonds. The van der Waals surface area contributed by atoms with Crippen LogP contribution >= 0.6 is 0 Å². The molecular formula is C14H18N2O4. The topological polar surface area (TPSA) is 83.6 Å². The van der Waals surface area contributed by atoms with Crippen LogP contribution in [-0.4, -0.2) is 39.5 Å². The smallest absolute Gasteiger partial charge is 0.305 e. The average molecular weight is 278 g/mol. The number of carboxylic acids is 1. The van der Waals surface area contributed by atoms with Gasteiger partial charge in [-0.15, -0.1) is 0 Å². The van der Waals surface area contributed by atoms with Gasteiger partial charge in [0.1, 0.15) is 0 Å². The first-order chi connectivity index (χ1) is 9.66. The van der Waals surface area contributed by atoms with Crippen molar-refractivity contribution in [1.82, 2.24) is 9.88 Å². The van der Waals surface area contributed by atoms with Gasteiger partial charge in [0.25, 0.3) is 5.91 Å². The molecule has 20 heavy (non-hydrogen) atoms. The fourth-order valence-corrected chi connectivity index (χ4v) is 2.87. The van der Waals surface area contributed by atoms with E-state index in [-0.39, 0.29) is 18.4 Å². The van der Waals surface area contributed by atoms with E-state index in [2.05, 4.69) is 4.98 Å². The molecule has 0 bridgehead atoms. The van der Waals surface area contributed by atoms with E-state index in [0.29, 0.717) is 18.2 Å². The van der Waals surface area contributed by atoms with E-state index >= 15 is 0 Å². The highest BCUT2D eigenvalue weighted by Crippen LogP contribution is 2.41. The van der Waals surface area contributed by atoms with E-state index in [0.717, 1.165) is 37.8 Å². The number of carbonyl (C=O) groups is 2. The summed E-state index contributed by atoms with van der Waals surface area (Å²) >= 11 is 0. The highest BCUT2D eigenvalue weighted by atomic mass is 16.4. The van der Waals surface area contributed by atoms with Crippen LogP contribution in [0, 0.1) is 0 Å². The molecule has 0 spiro atoms. The van der Waals surface area contributed by atoms with Gasteiger partial charge in [0.15, 0.2) is 6.39 Å². The first-order valence-corrected chi connectivity index (χ1v) is 7.13. The third kappa shape index (κ3) is 2.55. The van der Waals surface area contributed by atoms with E-state index in [1.165, 1.54) is 6.39 Å². The second kappa shape index (κ2) is 5.26. The van der Waals surface area contributed by atoms with Crippen molar-refractivity contribution in [2.24, 2.45) is 0 Å². The molecule has 1 saturated carbocycles. The zero-order valence-electron chi connectivity index (χ0n) is 11.2. The molecule has 2 aliphatic rings. The summed E-state index contributed by atoms with van der Waals surface area (Å²) in [6.07, 6.45) is 6.03. The average Bonchev–Trinajstić information content (AvgIpc) is 3.15. The number of rotatable bonds is 4. The Kier molecular flexibility index (Phi) is 3.46. The van der Waals surface area contributed by atoms with E-state index in [1.807, 2.05) is 0 Å². The van der Waals surface area contributed by atoms with Crippen LogP contribution in [0.5, 0.6) is 0 Å². The van der Waals surface area contributed by atoms with E-state index in [9.17, 15) is 9.59 Å². The first-order valence-electron chi connectivity index (χ1n) is 7.13. The molecule has 1 N–H and O–H groups in total. The number of likely N-dealkylation sites (tertiary alicyclic amines) is 1.